The highest BCUT2D eigenvalue weighted by molar-refractivity contribution is 8.26. The number of anilines is 1. The van der Waals surface area contributed by atoms with Crippen molar-refractivity contribution >= 4 is 51.7 Å². The topological polar surface area (TPSA) is 81.4 Å². The molecule has 0 unspecified atom stereocenters. The van der Waals surface area contributed by atoms with E-state index in [2.05, 4.69) is 9.80 Å². The van der Waals surface area contributed by atoms with E-state index in [1.54, 1.807) is 19.3 Å². The number of aliphatic hydroxyl groups is 1. The van der Waals surface area contributed by atoms with Crippen molar-refractivity contribution < 1.29 is 9.90 Å². The Morgan fingerprint density at radius 2 is 2.00 bits per heavy atom. The maximum absolute atomic E-state index is 13.4. The molecule has 158 valence electrons. The first-order valence-corrected chi connectivity index (χ1v) is 10.9. The lowest BCUT2D eigenvalue weighted by Crippen LogP contribution is -2.48. The van der Waals surface area contributed by atoms with Gasteiger partial charge in [-0.3, -0.25) is 23.8 Å². The van der Waals surface area contributed by atoms with E-state index in [0.717, 1.165) is 18.7 Å². The average Bonchev–Trinajstić information content (AvgIpc) is 2.98. The molecule has 0 bridgehead atoms. The summed E-state index contributed by atoms with van der Waals surface area (Å²) in [5.74, 6) is 0.372. The predicted molar refractivity (Wildman–Crippen MR) is 123 cm³/mol. The van der Waals surface area contributed by atoms with Crippen molar-refractivity contribution in [1.29, 1.82) is 0 Å². The molecule has 1 N–H and O–H groups in total. The number of carbonyl (C=O) groups is 1. The van der Waals surface area contributed by atoms with Crippen LogP contribution in [0.5, 0.6) is 0 Å². The number of aryl methyl sites for hydroxylation is 1. The number of hydrogen-bond acceptors (Lipinski definition) is 8. The van der Waals surface area contributed by atoms with Crippen molar-refractivity contribution in [2.24, 2.45) is 0 Å². The van der Waals surface area contributed by atoms with Crippen molar-refractivity contribution in [3.8, 4) is 0 Å². The zero-order valence-electron chi connectivity index (χ0n) is 16.9. The van der Waals surface area contributed by atoms with E-state index in [-0.39, 0.29) is 18.1 Å². The number of rotatable bonds is 4. The largest absolute Gasteiger partial charge is 0.395 e. The highest BCUT2D eigenvalue weighted by Gasteiger charge is 2.30. The van der Waals surface area contributed by atoms with Crippen molar-refractivity contribution in [3.63, 3.8) is 0 Å². The van der Waals surface area contributed by atoms with Crippen LogP contribution in [0.3, 0.4) is 0 Å². The van der Waals surface area contributed by atoms with Gasteiger partial charge in [-0.2, -0.15) is 0 Å². The van der Waals surface area contributed by atoms with Crippen molar-refractivity contribution in [2.75, 3.05) is 51.3 Å². The van der Waals surface area contributed by atoms with Crippen LogP contribution in [0, 0.1) is 6.92 Å². The second-order valence-electron chi connectivity index (χ2n) is 7.33. The number of fused-ring (bicyclic) bond motifs is 1. The highest BCUT2D eigenvalue weighted by atomic mass is 32.2. The number of pyridine rings is 1. The van der Waals surface area contributed by atoms with Gasteiger partial charge >= 0.3 is 0 Å². The number of nitrogens with zero attached hydrogens (tertiary/aromatic N) is 5. The van der Waals surface area contributed by atoms with Gasteiger partial charge in [0.1, 0.15) is 15.8 Å². The Balaban J connectivity index is 1.83. The maximum atomic E-state index is 13.4. The number of thiocarbonyl (C=S) groups is 1. The first-order valence-electron chi connectivity index (χ1n) is 9.72. The minimum Gasteiger partial charge on any atom is -0.395 e. The van der Waals surface area contributed by atoms with Crippen LogP contribution >= 0.6 is 24.0 Å². The molecule has 0 atom stereocenters. The quantitative estimate of drug-likeness (QED) is 0.550. The van der Waals surface area contributed by atoms with Crippen LogP contribution in [0.4, 0.5) is 5.82 Å². The molecular weight excluding hydrogens is 422 g/mol. The molecule has 2 aliphatic heterocycles. The summed E-state index contributed by atoms with van der Waals surface area (Å²) in [4.78, 5) is 36.9. The molecular formula is C20H23N5O3S2. The second kappa shape index (κ2) is 8.46. The summed E-state index contributed by atoms with van der Waals surface area (Å²) in [5.41, 5.74) is 1.69. The van der Waals surface area contributed by atoms with E-state index >= 15 is 0 Å². The van der Waals surface area contributed by atoms with E-state index in [1.165, 1.54) is 21.1 Å². The molecule has 0 radical (unpaired) electrons. The number of likely N-dealkylation sites (N-methyl/N-ethyl adjacent to an activating group) is 1. The summed E-state index contributed by atoms with van der Waals surface area (Å²) in [5, 5.41) is 9.19. The molecule has 30 heavy (non-hydrogen) atoms. The van der Waals surface area contributed by atoms with Gasteiger partial charge in [0.25, 0.3) is 11.5 Å². The highest BCUT2D eigenvalue weighted by Crippen LogP contribution is 2.32. The van der Waals surface area contributed by atoms with Crippen LogP contribution in [0.2, 0.25) is 0 Å². The molecule has 0 aliphatic carbocycles. The van der Waals surface area contributed by atoms with Crippen LogP contribution < -0.4 is 10.5 Å². The zero-order chi connectivity index (χ0) is 21.4. The fraction of sp³-hybridized carbons (Fsp3) is 0.400. The third kappa shape index (κ3) is 3.76. The standard InChI is InChI=1S/C20H23N5O3S2/c1-13-4-3-5-25-16(13)21-17(24-8-6-23(7-9-24)10-11-26)14(18(25)27)12-15-19(28)22(2)20(29)30-15/h3-5,12,26H,6-11H2,1-2H3/b15-12+. The molecule has 4 heterocycles. The minimum absolute atomic E-state index is 0.124. The van der Waals surface area contributed by atoms with Gasteiger partial charge in [-0.15, -0.1) is 0 Å². The third-order valence-electron chi connectivity index (χ3n) is 5.41. The summed E-state index contributed by atoms with van der Waals surface area (Å²) in [6.07, 6.45) is 3.32. The summed E-state index contributed by atoms with van der Waals surface area (Å²) in [6.45, 7) is 5.59. The summed E-state index contributed by atoms with van der Waals surface area (Å²) in [7, 11) is 1.63. The average molecular weight is 446 g/mol. The Morgan fingerprint density at radius 1 is 1.27 bits per heavy atom. The second-order valence-corrected chi connectivity index (χ2v) is 9.01. The summed E-state index contributed by atoms with van der Waals surface area (Å²) < 4.78 is 1.99. The van der Waals surface area contributed by atoms with E-state index in [1.807, 2.05) is 19.1 Å². The van der Waals surface area contributed by atoms with Crippen molar-refractivity contribution in [3.05, 3.63) is 44.7 Å². The first-order chi connectivity index (χ1) is 14.4. The van der Waals surface area contributed by atoms with E-state index in [0.29, 0.717) is 45.9 Å². The Kier molecular flexibility index (Phi) is 5.92. The van der Waals surface area contributed by atoms with Crippen molar-refractivity contribution in [1.82, 2.24) is 19.2 Å². The molecule has 1 amide bonds. The molecule has 2 aromatic heterocycles. The van der Waals surface area contributed by atoms with E-state index < -0.39 is 0 Å². The number of aliphatic hydroxyl groups excluding tert-OH is 1. The number of amides is 1. The monoisotopic (exact) mass is 445 g/mol. The Labute approximate surface area is 183 Å². The molecule has 0 spiro atoms. The minimum atomic E-state index is -0.211. The summed E-state index contributed by atoms with van der Waals surface area (Å²) >= 11 is 6.42. The van der Waals surface area contributed by atoms with Gasteiger partial charge in [-0.1, -0.05) is 30.0 Å². The summed E-state index contributed by atoms with van der Waals surface area (Å²) in [6, 6.07) is 3.74. The normalized spacial score (nSPS) is 19.5. The van der Waals surface area contributed by atoms with E-state index in [4.69, 9.17) is 17.2 Å². The molecule has 4 rings (SSSR count). The fourth-order valence-electron chi connectivity index (χ4n) is 3.67. The number of piperazine rings is 1. The fourth-order valence-corrected chi connectivity index (χ4v) is 4.83. The van der Waals surface area contributed by atoms with Gasteiger partial charge < -0.3 is 10.0 Å². The molecule has 0 aromatic carbocycles. The van der Waals surface area contributed by atoms with Crippen LogP contribution in [0.15, 0.2) is 28.0 Å². The SMILES string of the molecule is Cc1cccn2c(=O)c(/C=C3/SC(=S)N(C)C3=O)c(N3CCN(CCO)CC3)nc12. The smallest absolute Gasteiger partial charge is 0.267 e. The van der Waals surface area contributed by atoms with Gasteiger partial charge in [0.15, 0.2) is 0 Å². The van der Waals surface area contributed by atoms with Crippen molar-refractivity contribution in [2.45, 2.75) is 6.92 Å². The Morgan fingerprint density at radius 3 is 2.63 bits per heavy atom. The third-order valence-corrected chi connectivity index (χ3v) is 6.90. The zero-order valence-corrected chi connectivity index (χ0v) is 18.5. The van der Waals surface area contributed by atoms with Gasteiger partial charge in [0, 0.05) is 46.0 Å². The Hall–Kier alpha value is -2.27. The van der Waals surface area contributed by atoms with Crippen LogP contribution in [-0.2, 0) is 4.79 Å². The molecule has 2 fully saturated rings. The molecule has 10 heteroatoms. The lowest BCUT2D eigenvalue weighted by molar-refractivity contribution is -0.121. The molecule has 8 nitrogen and oxygen atoms in total. The first kappa shape index (κ1) is 21.0. The van der Waals surface area contributed by atoms with Crippen LogP contribution in [-0.4, -0.2) is 80.9 Å². The maximum Gasteiger partial charge on any atom is 0.267 e. The molecule has 2 aliphatic rings. The number of thioether (sulfide) groups is 1. The van der Waals surface area contributed by atoms with Gasteiger partial charge in [0.2, 0.25) is 0 Å². The Bertz CT molecular complexity index is 1110. The van der Waals surface area contributed by atoms with Crippen LogP contribution in [0.1, 0.15) is 11.1 Å². The molecule has 2 saturated heterocycles. The predicted octanol–water partition coefficient (Wildman–Crippen LogP) is 0.948. The lowest BCUT2D eigenvalue weighted by Gasteiger charge is -2.35. The number of aromatic nitrogens is 2. The van der Waals surface area contributed by atoms with Gasteiger partial charge in [0.05, 0.1) is 17.1 Å². The number of β-amino-alcohol motifs (C(OH)–C–C–N with tert-alkyl or cyclic N) is 1. The molecule has 2 aromatic rings. The van der Waals surface area contributed by atoms with Gasteiger partial charge in [-0.05, 0) is 24.6 Å². The lowest BCUT2D eigenvalue weighted by atomic mass is 10.2. The number of hydrogen-bond donors (Lipinski definition) is 1. The molecule has 0 saturated carbocycles. The number of carbonyl (C=O) groups excluding carboxylic acids is 1. The van der Waals surface area contributed by atoms with Crippen LogP contribution in [0.25, 0.3) is 11.7 Å². The van der Waals surface area contributed by atoms with Gasteiger partial charge in [-0.25, -0.2) is 4.98 Å². The van der Waals surface area contributed by atoms with E-state index in [9.17, 15) is 14.7 Å².